The lowest BCUT2D eigenvalue weighted by molar-refractivity contribution is 0.0695. The SMILES string of the molecule is COc1ccc(-c2nccn2Cc2ccccc2C(=O)O)cc1OC. The second-order valence-corrected chi connectivity index (χ2v) is 5.41. The standard InChI is InChI=1S/C19H18N2O4/c1-24-16-8-7-13(11-17(16)25-2)18-20-9-10-21(18)12-14-5-3-4-6-15(14)19(22)23/h3-11H,12H2,1-2H3,(H,22,23). The Bertz CT molecular complexity index is 902. The summed E-state index contributed by atoms with van der Waals surface area (Å²) in [5.41, 5.74) is 1.86. The molecule has 0 amide bonds. The molecule has 0 fully saturated rings. The number of rotatable bonds is 6. The first-order valence-electron chi connectivity index (χ1n) is 7.68. The number of methoxy groups -OCH3 is 2. The Hall–Kier alpha value is -3.28. The molecule has 6 nitrogen and oxygen atoms in total. The van der Waals surface area contributed by atoms with Gasteiger partial charge in [-0.05, 0) is 29.8 Å². The lowest BCUT2D eigenvalue weighted by Crippen LogP contribution is -2.07. The van der Waals surface area contributed by atoms with Crippen LogP contribution in [-0.4, -0.2) is 34.8 Å². The lowest BCUT2D eigenvalue weighted by Gasteiger charge is -2.12. The van der Waals surface area contributed by atoms with Gasteiger partial charge in [0.25, 0.3) is 0 Å². The van der Waals surface area contributed by atoms with Gasteiger partial charge in [0.15, 0.2) is 11.5 Å². The first kappa shape index (κ1) is 16.6. The highest BCUT2D eigenvalue weighted by atomic mass is 16.5. The van der Waals surface area contributed by atoms with Crippen LogP contribution in [0.2, 0.25) is 0 Å². The minimum Gasteiger partial charge on any atom is -0.493 e. The number of benzene rings is 2. The van der Waals surface area contributed by atoms with Crippen molar-refractivity contribution in [1.82, 2.24) is 9.55 Å². The number of carboxylic acid groups (broad SMARTS) is 1. The summed E-state index contributed by atoms with van der Waals surface area (Å²) < 4.78 is 12.5. The molecule has 1 heterocycles. The molecule has 2 aromatic carbocycles. The van der Waals surface area contributed by atoms with E-state index in [-0.39, 0.29) is 5.56 Å². The summed E-state index contributed by atoms with van der Waals surface area (Å²) in [5.74, 6) is 1.03. The first-order chi connectivity index (χ1) is 12.1. The number of carboxylic acids is 1. The molecule has 0 aliphatic carbocycles. The molecular weight excluding hydrogens is 320 g/mol. The zero-order valence-corrected chi connectivity index (χ0v) is 14.0. The van der Waals surface area contributed by atoms with Gasteiger partial charge in [0.1, 0.15) is 5.82 Å². The zero-order chi connectivity index (χ0) is 17.8. The van der Waals surface area contributed by atoms with Gasteiger partial charge in [-0.2, -0.15) is 0 Å². The van der Waals surface area contributed by atoms with Gasteiger partial charge < -0.3 is 19.1 Å². The van der Waals surface area contributed by atoms with Crippen LogP contribution in [0.5, 0.6) is 11.5 Å². The van der Waals surface area contributed by atoms with E-state index < -0.39 is 5.97 Å². The highest BCUT2D eigenvalue weighted by molar-refractivity contribution is 5.89. The fraction of sp³-hybridized carbons (Fsp3) is 0.158. The van der Waals surface area contributed by atoms with Crippen molar-refractivity contribution in [3.05, 3.63) is 66.0 Å². The van der Waals surface area contributed by atoms with Crippen LogP contribution < -0.4 is 9.47 Å². The van der Waals surface area contributed by atoms with E-state index in [4.69, 9.17) is 9.47 Å². The van der Waals surface area contributed by atoms with Gasteiger partial charge in [0, 0.05) is 24.5 Å². The first-order valence-corrected chi connectivity index (χ1v) is 7.68. The average molecular weight is 338 g/mol. The number of aromatic nitrogens is 2. The molecule has 0 spiro atoms. The summed E-state index contributed by atoms with van der Waals surface area (Å²) >= 11 is 0. The molecule has 0 aliphatic rings. The van der Waals surface area contributed by atoms with E-state index in [0.29, 0.717) is 18.0 Å². The Morgan fingerprint density at radius 3 is 2.60 bits per heavy atom. The normalized spacial score (nSPS) is 10.5. The van der Waals surface area contributed by atoms with Gasteiger partial charge >= 0.3 is 5.97 Å². The van der Waals surface area contributed by atoms with E-state index in [9.17, 15) is 9.90 Å². The van der Waals surface area contributed by atoms with E-state index in [1.54, 1.807) is 32.5 Å². The summed E-state index contributed by atoms with van der Waals surface area (Å²) in [6, 6.07) is 12.5. The molecule has 3 rings (SSSR count). The molecule has 1 N–H and O–H groups in total. The van der Waals surface area contributed by atoms with Crippen molar-refractivity contribution < 1.29 is 19.4 Å². The minimum atomic E-state index is -0.941. The third kappa shape index (κ3) is 3.33. The van der Waals surface area contributed by atoms with E-state index in [1.807, 2.05) is 41.1 Å². The number of nitrogens with zero attached hydrogens (tertiary/aromatic N) is 2. The van der Waals surface area contributed by atoms with Crippen molar-refractivity contribution in [3.63, 3.8) is 0 Å². The molecule has 0 aliphatic heterocycles. The van der Waals surface area contributed by atoms with Gasteiger partial charge in [-0.3, -0.25) is 0 Å². The Kier molecular flexibility index (Phi) is 4.70. The van der Waals surface area contributed by atoms with Gasteiger partial charge in [-0.15, -0.1) is 0 Å². The van der Waals surface area contributed by atoms with E-state index >= 15 is 0 Å². The Labute approximate surface area is 145 Å². The molecule has 25 heavy (non-hydrogen) atoms. The van der Waals surface area contributed by atoms with Crippen LogP contribution in [0, 0.1) is 0 Å². The molecule has 0 unspecified atom stereocenters. The maximum absolute atomic E-state index is 11.4. The Morgan fingerprint density at radius 1 is 1.12 bits per heavy atom. The van der Waals surface area contributed by atoms with Crippen LogP contribution in [-0.2, 0) is 6.54 Å². The number of hydrogen-bond donors (Lipinski definition) is 1. The summed E-state index contributed by atoms with van der Waals surface area (Å²) in [4.78, 5) is 15.8. The maximum atomic E-state index is 11.4. The summed E-state index contributed by atoms with van der Waals surface area (Å²) in [5, 5.41) is 9.35. The number of ether oxygens (including phenoxy) is 2. The molecule has 6 heteroatoms. The number of hydrogen-bond acceptors (Lipinski definition) is 4. The quantitative estimate of drug-likeness (QED) is 0.746. The summed E-state index contributed by atoms with van der Waals surface area (Å²) in [6.45, 7) is 0.409. The fourth-order valence-corrected chi connectivity index (χ4v) is 2.72. The molecule has 0 radical (unpaired) electrons. The van der Waals surface area contributed by atoms with E-state index in [0.717, 1.165) is 17.0 Å². The van der Waals surface area contributed by atoms with Crippen LogP contribution in [0.4, 0.5) is 0 Å². The predicted octanol–water partition coefficient (Wildman–Crippen LogP) is 3.31. The molecule has 0 atom stereocenters. The van der Waals surface area contributed by atoms with Crippen LogP contribution >= 0.6 is 0 Å². The third-order valence-corrected chi connectivity index (χ3v) is 3.95. The maximum Gasteiger partial charge on any atom is 0.336 e. The molecule has 0 bridgehead atoms. The monoisotopic (exact) mass is 338 g/mol. The molecule has 1 aromatic heterocycles. The van der Waals surface area contributed by atoms with Crippen molar-refractivity contribution in [2.24, 2.45) is 0 Å². The minimum absolute atomic E-state index is 0.287. The zero-order valence-electron chi connectivity index (χ0n) is 14.0. The van der Waals surface area contributed by atoms with Gasteiger partial charge in [-0.1, -0.05) is 18.2 Å². The van der Waals surface area contributed by atoms with Crippen molar-refractivity contribution in [2.45, 2.75) is 6.54 Å². The molecule has 3 aromatic rings. The van der Waals surface area contributed by atoms with Crippen LogP contribution in [0.1, 0.15) is 15.9 Å². The largest absolute Gasteiger partial charge is 0.493 e. The predicted molar refractivity (Wildman–Crippen MR) is 93.3 cm³/mol. The van der Waals surface area contributed by atoms with Gasteiger partial charge in [0.2, 0.25) is 0 Å². The fourth-order valence-electron chi connectivity index (χ4n) is 2.72. The molecule has 0 saturated heterocycles. The van der Waals surface area contributed by atoms with Gasteiger partial charge in [-0.25, -0.2) is 9.78 Å². The molecular formula is C19H18N2O4. The summed E-state index contributed by atoms with van der Waals surface area (Å²) in [6.07, 6.45) is 3.51. The smallest absolute Gasteiger partial charge is 0.336 e. The third-order valence-electron chi connectivity index (χ3n) is 3.95. The molecule has 128 valence electrons. The van der Waals surface area contributed by atoms with Crippen molar-refractivity contribution >= 4 is 5.97 Å². The Morgan fingerprint density at radius 2 is 1.88 bits per heavy atom. The number of aromatic carboxylic acids is 1. The van der Waals surface area contributed by atoms with Crippen LogP contribution in [0.25, 0.3) is 11.4 Å². The van der Waals surface area contributed by atoms with Crippen molar-refractivity contribution in [2.75, 3.05) is 14.2 Å². The number of carbonyl (C=O) groups is 1. The van der Waals surface area contributed by atoms with Crippen molar-refractivity contribution in [1.29, 1.82) is 0 Å². The van der Waals surface area contributed by atoms with Crippen LogP contribution in [0.3, 0.4) is 0 Å². The summed E-state index contributed by atoms with van der Waals surface area (Å²) in [7, 11) is 3.17. The number of imidazole rings is 1. The van der Waals surface area contributed by atoms with Crippen molar-refractivity contribution in [3.8, 4) is 22.9 Å². The average Bonchev–Trinajstić information content (AvgIpc) is 3.09. The molecule has 0 saturated carbocycles. The Balaban J connectivity index is 1.98. The second kappa shape index (κ2) is 7.09. The van der Waals surface area contributed by atoms with Gasteiger partial charge in [0.05, 0.1) is 19.8 Å². The second-order valence-electron chi connectivity index (χ2n) is 5.41. The van der Waals surface area contributed by atoms with Crippen LogP contribution in [0.15, 0.2) is 54.9 Å². The van der Waals surface area contributed by atoms with E-state index in [2.05, 4.69) is 4.98 Å². The highest BCUT2D eigenvalue weighted by Crippen LogP contribution is 2.31. The lowest BCUT2D eigenvalue weighted by atomic mass is 10.1. The topological polar surface area (TPSA) is 73.6 Å². The van der Waals surface area contributed by atoms with E-state index in [1.165, 1.54) is 0 Å². The highest BCUT2D eigenvalue weighted by Gasteiger charge is 2.14.